The van der Waals surface area contributed by atoms with E-state index >= 15 is 0 Å². The molecule has 0 aliphatic rings. The van der Waals surface area contributed by atoms with Gasteiger partial charge in [0.05, 0.1) is 11.2 Å². The molecule has 0 unspecified atom stereocenters. The van der Waals surface area contributed by atoms with Crippen molar-refractivity contribution in [1.29, 1.82) is 0 Å². The van der Waals surface area contributed by atoms with Crippen molar-refractivity contribution in [1.82, 2.24) is 4.98 Å². The predicted molar refractivity (Wildman–Crippen MR) is 76.0 cm³/mol. The summed E-state index contributed by atoms with van der Waals surface area (Å²) >= 11 is 0. The number of para-hydroxylation sites is 1. The Labute approximate surface area is 105 Å². The molecule has 0 spiro atoms. The molecule has 0 fully saturated rings. The molecule has 0 amide bonds. The van der Waals surface area contributed by atoms with Crippen molar-refractivity contribution in [3.63, 3.8) is 0 Å². The van der Waals surface area contributed by atoms with Crippen molar-refractivity contribution in [3.8, 4) is 11.1 Å². The zero-order valence-corrected chi connectivity index (χ0v) is 9.80. The van der Waals surface area contributed by atoms with Gasteiger partial charge in [-0.1, -0.05) is 48.5 Å². The fraction of sp³-hybridized carbons (Fsp3) is 0. The first-order valence-corrected chi connectivity index (χ1v) is 5.76. The molecule has 18 heavy (non-hydrogen) atoms. The van der Waals surface area contributed by atoms with Crippen LogP contribution in [0.25, 0.3) is 22.0 Å². The van der Waals surface area contributed by atoms with Gasteiger partial charge in [-0.2, -0.15) is 0 Å². The number of nitrogens with two attached hydrogens (primary N) is 2. The number of benzene rings is 2. The summed E-state index contributed by atoms with van der Waals surface area (Å²) in [5, 5.41) is 1.02. The van der Waals surface area contributed by atoms with Crippen LogP contribution in [0.1, 0.15) is 0 Å². The largest absolute Gasteiger partial charge is 0.395 e. The Hall–Kier alpha value is -2.55. The highest BCUT2D eigenvalue weighted by molar-refractivity contribution is 6.03. The van der Waals surface area contributed by atoms with E-state index in [0.717, 1.165) is 22.0 Å². The molecule has 2 aromatic carbocycles. The topological polar surface area (TPSA) is 64.9 Å². The summed E-state index contributed by atoms with van der Waals surface area (Å²) in [6.45, 7) is 0. The molecule has 0 saturated carbocycles. The number of fused-ring (bicyclic) bond motifs is 1. The van der Waals surface area contributed by atoms with Crippen LogP contribution in [0, 0.1) is 0 Å². The molecule has 3 heteroatoms. The van der Waals surface area contributed by atoms with Crippen molar-refractivity contribution in [2.75, 3.05) is 11.5 Å². The van der Waals surface area contributed by atoms with E-state index in [9.17, 15) is 0 Å². The van der Waals surface area contributed by atoms with Crippen LogP contribution in [-0.4, -0.2) is 4.98 Å². The van der Waals surface area contributed by atoms with Gasteiger partial charge < -0.3 is 11.5 Å². The van der Waals surface area contributed by atoms with Gasteiger partial charge in [-0.25, -0.2) is 4.98 Å². The summed E-state index contributed by atoms with van der Waals surface area (Å²) in [6, 6.07) is 17.9. The maximum Gasteiger partial charge on any atom is 0.147 e. The lowest BCUT2D eigenvalue weighted by atomic mass is 9.99. The number of nitrogen functional groups attached to an aromatic ring is 2. The summed E-state index contributed by atoms with van der Waals surface area (Å²) in [5.41, 5.74) is 15.4. The first-order chi connectivity index (χ1) is 8.77. The molecule has 1 aromatic heterocycles. The number of rotatable bonds is 1. The minimum atomic E-state index is 0.382. The van der Waals surface area contributed by atoms with E-state index < -0.39 is 0 Å². The minimum Gasteiger partial charge on any atom is -0.395 e. The third-order valence-electron chi connectivity index (χ3n) is 3.02. The molecule has 88 valence electrons. The molecule has 0 radical (unpaired) electrons. The van der Waals surface area contributed by atoms with Gasteiger partial charge in [0.25, 0.3) is 0 Å². The van der Waals surface area contributed by atoms with Crippen molar-refractivity contribution >= 4 is 22.4 Å². The molecule has 0 aliphatic heterocycles. The van der Waals surface area contributed by atoms with E-state index in [1.807, 2.05) is 54.6 Å². The Morgan fingerprint density at radius 1 is 0.778 bits per heavy atom. The average Bonchev–Trinajstić information content (AvgIpc) is 2.41. The fourth-order valence-electron chi connectivity index (χ4n) is 2.16. The minimum absolute atomic E-state index is 0.382. The van der Waals surface area contributed by atoms with E-state index in [0.29, 0.717) is 11.5 Å². The third-order valence-corrected chi connectivity index (χ3v) is 3.02. The third kappa shape index (κ3) is 1.57. The van der Waals surface area contributed by atoms with Gasteiger partial charge in [0.2, 0.25) is 0 Å². The number of anilines is 2. The average molecular weight is 235 g/mol. The van der Waals surface area contributed by atoms with E-state index in [1.165, 1.54) is 0 Å². The van der Waals surface area contributed by atoms with Gasteiger partial charge in [0.1, 0.15) is 5.82 Å². The van der Waals surface area contributed by atoms with Crippen LogP contribution in [0.4, 0.5) is 11.5 Å². The van der Waals surface area contributed by atoms with Crippen molar-refractivity contribution in [2.45, 2.75) is 0 Å². The highest BCUT2D eigenvalue weighted by Gasteiger charge is 2.11. The molecular weight excluding hydrogens is 222 g/mol. The second kappa shape index (κ2) is 4.04. The molecule has 0 bridgehead atoms. The highest BCUT2D eigenvalue weighted by Crippen LogP contribution is 2.35. The predicted octanol–water partition coefficient (Wildman–Crippen LogP) is 3.07. The number of pyridine rings is 1. The Morgan fingerprint density at radius 3 is 2.22 bits per heavy atom. The van der Waals surface area contributed by atoms with Crippen LogP contribution in [0.15, 0.2) is 54.6 Å². The molecule has 0 saturated heterocycles. The number of hydrogen-bond acceptors (Lipinski definition) is 3. The molecular formula is C15H13N3. The molecule has 4 N–H and O–H groups in total. The van der Waals surface area contributed by atoms with Crippen LogP contribution < -0.4 is 11.5 Å². The number of aromatic nitrogens is 1. The van der Waals surface area contributed by atoms with Crippen LogP contribution in [-0.2, 0) is 0 Å². The van der Waals surface area contributed by atoms with Gasteiger partial charge >= 0.3 is 0 Å². The summed E-state index contributed by atoms with van der Waals surface area (Å²) in [6.07, 6.45) is 0. The standard InChI is InChI=1S/C15H13N3/c16-14-13(10-6-2-1-3-7-10)11-8-4-5-9-12(11)18-15(14)17/h1-9H,16H2,(H2,17,18). The second-order valence-electron chi connectivity index (χ2n) is 4.17. The normalized spacial score (nSPS) is 10.7. The lowest BCUT2D eigenvalue weighted by Crippen LogP contribution is -2.01. The fourth-order valence-corrected chi connectivity index (χ4v) is 2.16. The van der Waals surface area contributed by atoms with Crippen molar-refractivity contribution < 1.29 is 0 Å². The quantitative estimate of drug-likeness (QED) is 0.681. The van der Waals surface area contributed by atoms with Gasteiger partial charge in [0.15, 0.2) is 0 Å². The van der Waals surface area contributed by atoms with Crippen LogP contribution in [0.5, 0.6) is 0 Å². The van der Waals surface area contributed by atoms with E-state index in [4.69, 9.17) is 11.5 Å². The zero-order valence-electron chi connectivity index (χ0n) is 9.80. The maximum absolute atomic E-state index is 6.09. The van der Waals surface area contributed by atoms with Gasteiger partial charge in [-0.15, -0.1) is 0 Å². The first kappa shape index (κ1) is 10.6. The Morgan fingerprint density at radius 2 is 1.44 bits per heavy atom. The SMILES string of the molecule is Nc1nc2ccccc2c(-c2ccccc2)c1N. The number of nitrogens with zero attached hydrogens (tertiary/aromatic N) is 1. The van der Waals surface area contributed by atoms with Crippen molar-refractivity contribution in [3.05, 3.63) is 54.6 Å². The van der Waals surface area contributed by atoms with E-state index in [2.05, 4.69) is 4.98 Å². The lowest BCUT2D eigenvalue weighted by molar-refractivity contribution is 1.41. The Kier molecular flexibility index (Phi) is 2.38. The highest BCUT2D eigenvalue weighted by atomic mass is 14.9. The molecule has 1 heterocycles. The summed E-state index contributed by atoms with van der Waals surface area (Å²) < 4.78 is 0. The number of hydrogen-bond donors (Lipinski definition) is 2. The first-order valence-electron chi connectivity index (χ1n) is 5.76. The second-order valence-corrected chi connectivity index (χ2v) is 4.17. The summed E-state index contributed by atoms with van der Waals surface area (Å²) in [4.78, 5) is 4.31. The van der Waals surface area contributed by atoms with Gasteiger partial charge in [-0.3, -0.25) is 0 Å². The Bertz CT molecular complexity index is 706. The van der Waals surface area contributed by atoms with E-state index in [-0.39, 0.29) is 0 Å². The molecule has 3 rings (SSSR count). The molecule has 0 atom stereocenters. The van der Waals surface area contributed by atoms with E-state index in [1.54, 1.807) is 0 Å². The lowest BCUT2D eigenvalue weighted by Gasteiger charge is -2.11. The smallest absolute Gasteiger partial charge is 0.147 e. The molecule has 3 aromatic rings. The van der Waals surface area contributed by atoms with Gasteiger partial charge in [-0.05, 0) is 11.6 Å². The van der Waals surface area contributed by atoms with Crippen LogP contribution in [0.2, 0.25) is 0 Å². The van der Waals surface area contributed by atoms with Crippen molar-refractivity contribution in [2.24, 2.45) is 0 Å². The zero-order chi connectivity index (χ0) is 12.5. The van der Waals surface area contributed by atoms with Gasteiger partial charge in [0, 0.05) is 10.9 Å². The maximum atomic E-state index is 6.09. The Balaban J connectivity index is 2.43. The van der Waals surface area contributed by atoms with Crippen LogP contribution >= 0.6 is 0 Å². The summed E-state index contributed by atoms with van der Waals surface area (Å²) in [5.74, 6) is 0.382. The van der Waals surface area contributed by atoms with Crippen LogP contribution in [0.3, 0.4) is 0 Å². The monoisotopic (exact) mass is 235 g/mol. The molecule has 0 aliphatic carbocycles. The molecule has 3 nitrogen and oxygen atoms in total. The summed E-state index contributed by atoms with van der Waals surface area (Å²) in [7, 11) is 0.